The molecule has 1 amide bonds. The maximum atomic E-state index is 12.4. The van der Waals surface area contributed by atoms with Crippen molar-refractivity contribution in [3.05, 3.63) is 53.9 Å². The van der Waals surface area contributed by atoms with Crippen LogP contribution in [0.2, 0.25) is 0 Å². The van der Waals surface area contributed by atoms with E-state index in [4.69, 9.17) is 14.5 Å². The quantitative estimate of drug-likeness (QED) is 0.766. The Labute approximate surface area is 151 Å². The van der Waals surface area contributed by atoms with Crippen molar-refractivity contribution in [1.29, 1.82) is 0 Å². The first-order valence-electron chi connectivity index (χ1n) is 8.77. The highest BCUT2D eigenvalue weighted by molar-refractivity contribution is 5.94. The molecule has 1 aromatic heterocycles. The van der Waals surface area contributed by atoms with E-state index >= 15 is 0 Å². The highest BCUT2D eigenvalue weighted by Crippen LogP contribution is 2.32. The van der Waals surface area contributed by atoms with Crippen LogP contribution in [0.3, 0.4) is 0 Å². The lowest BCUT2D eigenvalue weighted by Crippen LogP contribution is -2.26. The van der Waals surface area contributed by atoms with Gasteiger partial charge in [0.2, 0.25) is 6.79 Å². The van der Waals surface area contributed by atoms with Gasteiger partial charge in [-0.25, -0.2) is 4.98 Å². The van der Waals surface area contributed by atoms with Crippen LogP contribution in [0.1, 0.15) is 36.1 Å². The Morgan fingerprint density at radius 2 is 2.00 bits per heavy atom. The predicted molar refractivity (Wildman–Crippen MR) is 98.7 cm³/mol. The summed E-state index contributed by atoms with van der Waals surface area (Å²) in [6, 6.07) is 13.6. The lowest BCUT2D eigenvalue weighted by Gasteiger charge is -2.13. The maximum absolute atomic E-state index is 12.4. The number of carbonyl (C=O) groups excluding carboxylic acids is 1. The average Bonchev–Trinajstić information content (AvgIpc) is 3.24. The number of nitrogens with zero attached hydrogens (tertiary/aromatic N) is 2. The minimum atomic E-state index is -0.129. The van der Waals surface area contributed by atoms with Gasteiger partial charge >= 0.3 is 0 Å². The van der Waals surface area contributed by atoms with Crippen LogP contribution in [0.25, 0.3) is 11.0 Å². The van der Waals surface area contributed by atoms with E-state index < -0.39 is 0 Å². The van der Waals surface area contributed by atoms with Crippen molar-refractivity contribution in [2.75, 3.05) is 13.3 Å². The molecule has 0 spiro atoms. The van der Waals surface area contributed by atoms with Gasteiger partial charge in [-0.15, -0.1) is 0 Å². The predicted octanol–water partition coefficient (Wildman–Crippen LogP) is 3.32. The van der Waals surface area contributed by atoms with Crippen LogP contribution in [-0.2, 0) is 6.42 Å². The Bertz CT molecular complexity index is 962. The third-order valence-corrected chi connectivity index (χ3v) is 4.45. The van der Waals surface area contributed by atoms with Gasteiger partial charge in [0, 0.05) is 24.6 Å². The van der Waals surface area contributed by atoms with Gasteiger partial charge in [-0.1, -0.05) is 12.1 Å². The average molecular weight is 351 g/mol. The molecule has 0 radical (unpaired) electrons. The van der Waals surface area contributed by atoms with Crippen molar-refractivity contribution in [3.8, 4) is 11.5 Å². The van der Waals surface area contributed by atoms with Gasteiger partial charge in [-0.2, -0.15) is 0 Å². The Morgan fingerprint density at radius 1 is 1.19 bits per heavy atom. The second kappa shape index (κ2) is 6.71. The summed E-state index contributed by atoms with van der Waals surface area (Å²) in [6.45, 7) is 5.00. The van der Waals surface area contributed by atoms with E-state index in [9.17, 15) is 4.79 Å². The van der Waals surface area contributed by atoms with E-state index in [1.165, 1.54) is 0 Å². The van der Waals surface area contributed by atoms with E-state index in [-0.39, 0.29) is 12.7 Å². The number of imidazole rings is 1. The molecular weight excluding hydrogens is 330 g/mol. The number of amides is 1. The van der Waals surface area contributed by atoms with Gasteiger partial charge in [0.1, 0.15) is 5.82 Å². The van der Waals surface area contributed by atoms with Crippen molar-refractivity contribution in [2.24, 2.45) is 0 Å². The standard InChI is InChI=1S/C20H21N3O3/c1-13(2)23-16-6-4-3-5-15(16)22-19(23)9-10-21-20(24)14-7-8-17-18(11-14)26-12-25-17/h3-8,11,13H,9-10,12H2,1-2H3,(H,21,24). The van der Waals surface area contributed by atoms with Gasteiger partial charge in [-0.05, 0) is 44.2 Å². The van der Waals surface area contributed by atoms with Crippen LogP contribution in [0.5, 0.6) is 11.5 Å². The van der Waals surface area contributed by atoms with Crippen LogP contribution < -0.4 is 14.8 Å². The number of nitrogens with one attached hydrogen (secondary N) is 1. The Balaban J connectivity index is 1.45. The largest absolute Gasteiger partial charge is 0.454 e. The maximum Gasteiger partial charge on any atom is 0.251 e. The normalized spacial score (nSPS) is 12.7. The molecule has 2 aromatic carbocycles. The van der Waals surface area contributed by atoms with E-state index in [1.54, 1.807) is 18.2 Å². The topological polar surface area (TPSA) is 65.4 Å². The van der Waals surface area contributed by atoms with E-state index in [0.29, 0.717) is 36.1 Å². The van der Waals surface area contributed by atoms with Gasteiger partial charge < -0.3 is 19.4 Å². The van der Waals surface area contributed by atoms with Crippen LogP contribution >= 0.6 is 0 Å². The van der Waals surface area contributed by atoms with Crippen molar-refractivity contribution in [3.63, 3.8) is 0 Å². The highest BCUT2D eigenvalue weighted by atomic mass is 16.7. The van der Waals surface area contributed by atoms with Crippen LogP contribution in [-0.4, -0.2) is 28.8 Å². The van der Waals surface area contributed by atoms with Gasteiger partial charge in [-0.3, -0.25) is 4.79 Å². The zero-order chi connectivity index (χ0) is 18.1. The first kappa shape index (κ1) is 16.4. The Morgan fingerprint density at radius 3 is 2.85 bits per heavy atom. The molecule has 0 unspecified atom stereocenters. The molecule has 0 aliphatic carbocycles. The molecule has 0 atom stereocenters. The minimum Gasteiger partial charge on any atom is -0.454 e. The molecule has 1 N–H and O–H groups in total. The second-order valence-electron chi connectivity index (χ2n) is 6.55. The summed E-state index contributed by atoms with van der Waals surface area (Å²) in [5.74, 6) is 2.13. The van der Waals surface area contributed by atoms with Crippen LogP contribution in [0, 0.1) is 0 Å². The monoisotopic (exact) mass is 351 g/mol. The SMILES string of the molecule is CC(C)n1c(CCNC(=O)c2ccc3c(c2)OCO3)nc2ccccc21. The second-order valence-corrected chi connectivity index (χ2v) is 6.55. The summed E-state index contributed by atoms with van der Waals surface area (Å²) < 4.78 is 12.8. The first-order chi connectivity index (χ1) is 12.6. The van der Waals surface area contributed by atoms with Crippen LogP contribution in [0.15, 0.2) is 42.5 Å². The van der Waals surface area contributed by atoms with Crippen molar-refractivity contribution >= 4 is 16.9 Å². The zero-order valence-electron chi connectivity index (χ0n) is 14.9. The zero-order valence-corrected chi connectivity index (χ0v) is 14.9. The fourth-order valence-corrected chi connectivity index (χ4v) is 3.27. The minimum absolute atomic E-state index is 0.129. The molecule has 1 aliphatic rings. The van der Waals surface area contributed by atoms with Gasteiger partial charge in [0.25, 0.3) is 5.91 Å². The third-order valence-electron chi connectivity index (χ3n) is 4.45. The van der Waals surface area contributed by atoms with E-state index in [0.717, 1.165) is 16.9 Å². The molecule has 0 fully saturated rings. The highest BCUT2D eigenvalue weighted by Gasteiger charge is 2.17. The number of fused-ring (bicyclic) bond motifs is 2. The number of hydrogen-bond donors (Lipinski definition) is 1. The number of ether oxygens (including phenoxy) is 2. The van der Waals surface area contributed by atoms with Gasteiger partial charge in [0.15, 0.2) is 11.5 Å². The molecule has 3 aromatic rings. The number of benzene rings is 2. The number of para-hydroxylation sites is 2. The number of carbonyl (C=O) groups is 1. The smallest absolute Gasteiger partial charge is 0.251 e. The third kappa shape index (κ3) is 2.98. The number of aromatic nitrogens is 2. The summed E-state index contributed by atoms with van der Waals surface area (Å²) in [7, 11) is 0. The van der Waals surface area contributed by atoms with Crippen LogP contribution in [0.4, 0.5) is 0 Å². The lowest BCUT2D eigenvalue weighted by molar-refractivity contribution is 0.0953. The number of rotatable bonds is 5. The molecular formula is C20H21N3O3. The fraction of sp³-hybridized carbons (Fsp3) is 0.300. The summed E-state index contributed by atoms with van der Waals surface area (Å²) >= 11 is 0. The lowest BCUT2D eigenvalue weighted by atomic mass is 10.2. The van der Waals surface area contributed by atoms with Crippen molar-refractivity contribution < 1.29 is 14.3 Å². The van der Waals surface area contributed by atoms with Crippen molar-refractivity contribution in [1.82, 2.24) is 14.9 Å². The Kier molecular flexibility index (Phi) is 4.24. The van der Waals surface area contributed by atoms with E-state index in [1.807, 2.05) is 18.2 Å². The molecule has 4 rings (SSSR count). The summed E-state index contributed by atoms with van der Waals surface area (Å²) in [5.41, 5.74) is 2.67. The summed E-state index contributed by atoms with van der Waals surface area (Å²) in [5, 5.41) is 2.96. The molecule has 0 bridgehead atoms. The summed E-state index contributed by atoms with van der Waals surface area (Å²) in [6.07, 6.45) is 0.670. The molecule has 0 saturated carbocycles. The molecule has 0 saturated heterocycles. The molecule has 2 heterocycles. The Hall–Kier alpha value is -3.02. The molecule has 6 nitrogen and oxygen atoms in total. The van der Waals surface area contributed by atoms with E-state index in [2.05, 4.69) is 29.8 Å². The first-order valence-corrected chi connectivity index (χ1v) is 8.77. The molecule has 6 heteroatoms. The summed E-state index contributed by atoms with van der Waals surface area (Å²) in [4.78, 5) is 17.1. The molecule has 26 heavy (non-hydrogen) atoms. The molecule has 134 valence electrons. The molecule has 1 aliphatic heterocycles. The van der Waals surface area contributed by atoms with Crippen molar-refractivity contribution in [2.45, 2.75) is 26.3 Å². The number of hydrogen-bond acceptors (Lipinski definition) is 4. The van der Waals surface area contributed by atoms with Gasteiger partial charge in [0.05, 0.1) is 11.0 Å². The fourth-order valence-electron chi connectivity index (χ4n) is 3.27.